The van der Waals surface area contributed by atoms with Gasteiger partial charge in [0.25, 0.3) is 0 Å². The lowest BCUT2D eigenvalue weighted by Crippen LogP contribution is -2.50. The Morgan fingerprint density at radius 2 is 2.53 bits per heavy atom. The molecule has 2 rings (SSSR count). The van der Waals surface area contributed by atoms with E-state index in [1.807, 2.05) is 42.9 Å². The predicted molar refractivity (Wildman–Crippen MR) is 77.3 cm³/mol. The third-order valence-electron chi connectivity index (χ3n) is 3.20. The normalized spacial score (nSPS) is 21.3. The molecule has 0 spiro atoms. The van der Waals surface area contributed by atoms with Crippen molar-refractivity contribution in [2.75, 3.05) is 38.7 Å². The monoisotopic (exact) mass is 283 g/mol. The van der Waals surface area contributed by atoms with Crippen LogP contribution in [0.2, 0.25) is 0 Å². The molecule has 2 N–H and O–H groups in total. The van der Waals surface area contributed by atoms with Gasteiger partial charge in [-0.2, -0.15) is 11.8 Å². The van der Waals surface area contributed by atoms with E-state index in [-0.39, 0.29) is 18.0 Å². The largest absolute Gasteiger partial charge is 0.468 e. The number of furan rings is 1. The molecule has 0 saturated carbocycles. The maximum Gasteiger partial charge on any atom is 0.238 e. The topological polar surface area (TPSA) is 57.5 Å². The van der Waals surface area contributed by atoms with E-state index in [4.69, 9.17) is 4.42 Å². The lowest BCUT2D eigenvalue weighted by molar-refractivity contribution is -0.122. The van der Waals surface area contributed by atoms with Gasteiger partial charge in [0.1, 0.15) is 5.76 Å². The summed E-state index contributed by atoms with van der Waals surface area (Å²) < 4.78 is 5.42. The van der Waals surface area contributed by atoms with Gasteiger partial charge in [-0.05, 0) is 26.2 Å². The molecular weight excluding hydrogens is 262 g/mol. The Labute approximate surface area is 118 Å². The number of hydrogen-bond acceptors (Lipinski definition) is 5. The standard InChI is InChI=1S/C13H21N3O2S/c1-16(2)11(12-4-3-6-18-12)8-15-13(17)10-9-19-7-5-14-10/h3-4,6,10-11,14H,5,7-9H2,1-2H3,(H,15,17). The third kappa shape index (κ3) is 3.99. The molecular formula is C13H21N3O2S. The predicted octanol–water partition coefficient (Wildman–Crippen LogP) is 0.704. The minimum atomic E-state index is -0.0711. The summed E-state index contributed by atoms with van der Waals surface area (Å²) in [7, 11) is 3.96. The SMILES string of the molecule is CN(C)C(CNC(=O)C1CSCCN1)c1ccco1. The van der Waals surface area contributed by atoms with Crippen LogP contribution in [0, 0.1) is 0 Å². The molecule has 0 aromatic carbocycles. The quantitative estimate of drug-likeness (QED) is 0.833. The molecule has 1 fully saturated rings. The third-order valence-corrected chi connectivity index (χ3v) is 4.26. The van der Waals surface area contributed by atoms with Crippen molar-refractivity contribution in [1.82, 2.24) is 15.5 Å². The Morgan fingerprint density at radius 1 is 1.68 bits per heavy atom. The van der Waals surface area contributed by atoms with Crippen molar-refractivity contribution in [3.05, 3.63) is 24.2 Å². The second-order valence-corrected chi connectivity index (χ2v) is 5.97. The molecule has 0 radical (unpaired) electrons. The summed E-state index contributed by atoms with van der Waals surface area (Å²) in [5.41, 5.74) is 0. The van der Waals surface area contributed by atoms with Crippen molar-refractivity contribution in [2.24, 2.45) is 0 Å². The van der Waals surface area contributed by atoms with Crippen LogP contribution in [-0.2, 0) is 4.79 Å². The maximum absolute atomic E-state index is 12.1. The van der Waals surface area contributed by atoms with E-state index in [2.05, 4.69) is 10.6 Å². The van der Waals surface area contributed by atoms with Crippen LogP contribution in [0.4, 0.5) is 0 Å². The lowest BCUT2D eigenvalue weighted by Gasteiger charge is -2.26. The Hall–Kier alpha value is -0.980. The molecule has 2 atom stereocenters. The van der Waals surface area contributed by atoms with E-state index in [1.165, 1.54) is 0 Å². The maximum atomic E-state index is 12.1. The number of amides is 1. The first-order valence-electron chi connectivity index (χ1n) is 6.47. The van der Waals surface area contributed by atoms with Crippen LogP contribution in [0.3, 0.4) is 0 Å². The van der Waals surface area contributed by atoms with Crippen LogP contribution < -0.4 is 10.6 Å². The Balaban J connectivity index is 1.86. The molecule has 5 nitrogen and oxygen atoms in total. The number of hydrogen-bond donors (Lipinski definition) is 2. The first kappa shape index (κ1) is 14.4. The van der Waals surface area contributed by atoms with Crippen molar-refractivity contribution in [2.45, 2.75) is 12.1 Å². The molecule has 106 valence electrons. The molecule has 2 unspecified atom stereocenters. The van der Waals surface area contributed by atoms with Gasteiger partial charge in [-0.3, -0.25) is 9.69 Å². The van der Waals surface area contributed by atoms with Crippen LogP contribution in [-0.4, -0.2) is 55.5 Å². The second-order valence-electron chi connectivity index (χ2n) is 4.82. The van der Waals surface area contributed by atoms with Crippen molar-refractivity contribution >= 4 is 17.7 Å². The Bertz CT molecular complexity index is 389. The van der Waals surface area contributed by atoms with E-state index >= 15 is 0 Å². The Morgan fingerprint density at radius 3 is 3.11 bits per heavy atom. The smallest absolute Gasteiger partial charge is 0.238 e. The molecule has 1 aliphatic rings. The van der Waals surface area contributed by atoms with E-state index in [1.54, 1.807) is 6.26 Å². The van der Waals surface area contributed by atoms with Gasteiger partial charge in [-0.15, -0.1) is 0 Å². The first-order valence-corrected chi connectivity index (χ1v) is 7.62. The fraction of sp³-hybridized carbons (Fsp3) is 0.615. The second kappa shape index (κ2) is 6.98. The molecule has 2 heterocycles. The lowest BCUT2D eigenvalue weighted by atomic mass is 10.2. The van der Waals surface area contributed by atoms with Gasteiger partial charge in [0, 0.05) is 24.6 Å². The van der Waals surface area contributed by atoms with Gasteiger partial charge < -0.3 is 15.1 Å². The van der Waals surface area contributed by atoms with Crippen LogP contribution in [0.25, 0.3) is 0 Å². The number of nitrogens with zero attached hydrogens (tertiary/aromatic N) is 1. The number of carbonyl (C=O) groups excluding carboxylic acids is 1. The number of thioether (sulfide) groups is 1. The fourth-order valence-corrected chi connectivity index (χ4v) is 3.01. The summed E-state index contributed by atoms with van der Waals surface area (Å²) in [5, 5.41) is 6.24. The number of nitrogens with one attached hydrogen (secondary N) is 2. The van der Waals surface area contributed by atoms with Crippen LogP contribution in [0.15, 0.2) is 22.8 Å². The van der Waals surface area contributed by atoms with Gasteiger partial charge in [0.15, 0.2) is 0 Å². The zero-order chi connectivity index (χ0) is 13.7. The van der Waals surface area contributed by atoms with E-state index < -0.39 is 0 Å². The summed E-state index contributed by atoms with van der Waals surface area (Å²) in [4.78, 5) is 14.1. The molecule has 6 heteroatoms. The molecule has 1 aromatic heterocycles. The molecule has 19 heavy (non-hydrogen) atoms. The molecule has 1 saturated heterocycles. The minimum absolute atomic E-state index is 0.0650. The van der Waals surface area contributed by atoms with Crippen molar-refractivity contribution in [3.8, 4) is 0 Å². The van der Waals surface area contributed by atoms with Gasteiger partial charge >= 0.3 is 0 Å². The first-order chi connectivity index (χ1) is 9.18. The van der Waals surface area contributed by atoms with Crippen molar-refractivity contribution in [3.63, 3.8) is 0 Å². The van der Waals surface area contributed by atoms with Crippen LogP contribution in [0.1, 0.15) is 11.8 Å². The summed E-state index contributed by atoms with van der Waals surface area (Å²) in [5.74, 6) is 2.87. The number of rotatable bonds is 5. The van der Waals surface area contributed by atoms with E-state index in [0.29, 0.717) is 6.54 Å². The fourth-order valence-electron chi connectivity index (χ4n) is 2.07. The highest BCUT2D eigenvalue weighted by molar-refractivity contribution is 7.99. The van der Waals surface area contributed by atoms with Crippen LogP contribution >= 0.6 is 11.8 Å². The summed E-state index contributed by atoms with van der Waals surface area (Å²) >= 11 is 1.82. The highest BCUT2D eigenvalue weighted by atomic mass is 32.2. The van der Waals surface area contributed by atoms with Crippen LogP contribution in [0.5, 0.6) is 0 Å². The average molecular weight is 283 g/mol. The highest BCUT2D eigenvalue weighted by Gasteiger charge is 2.23. The molecule has 0 aliphatic carbocycles. The summed E-state index contributed by atoms with van der Waals surface area (Å²) in [6.07, 6.45) is 1.66. The number of likely N-dealkylation sites (N-methyl/N-ethyl adjacent to an activating group) is 1. The van der Waals surface area contributed by atoms with Gasteiger partial charge in [0.05, 0.1) is 18.3 Å². The molecule has 1 aromatic rings. The van der Waals surface area contributed by atoms with E-state index in [0.717, 1.165) is 23.8 Å². The van der Waals surface area contributed by atoms with Gasteiger partial charge in [-0.1, -0.05) is 0 Å². The Kier molecular flexibility index (Phi) is 5.30. The molecule has 1 amide bonds. The number of carbonyl (C=O) groups is 1. The summed E-state index contributed by atoms with van der Waals surface area (Å²) in [6, 6.07) is 3.80. The average Bonchev–Trinajstić information content (AvgIpc) is 2.93. The molecule has 1 aliphatic heterocycles. The summed E-state index contributed by atoms with van der Waals surface area (Å²) in [6.45, 7) is 1.46. The zero-order valence-corrected chi connectivity index (χ0v) is 12.2. The van der Waals surface area contributed by atoms with Crippen molar-refractivity contribution < 1.29 is 9.21 Å². The van der Waals surface area contributed by atoms with Gasteiger partial charge in [-0.25, -0.2) is 0 Å². The molecule has 0 bridgehead atoms. The van der Waals surface area contributed by atoms with Gasteiger partial charge in [0.2, 0.25) is 5.91 Å². The van der Waals surface area contributed by atoms with Crippen molar-refractivity contribution in [1.29, 1.82) is 0 Å². The van der Waals surface area contributed by atoms with E-state index in [9.17, 15) is 4.79 Å². The zero-order valence-electron chi connectivity index (χ0n) is 11.4. The highest BCUT2D eigenvalue weighted by Crippen LogP contribution is 2.17. The minimum Gasteiger partial charge on any atom is -0.468 e.